The number of hydrogen-bond acceptors (Lipinski definition) is 3. The van der Waals surface area contributed by atoms with E-state index in [1.165, 1.54) is 45.1 Å². The fourth-order valence-electron chi connectivity index (χ4n) is 3.39. The summed E-state index contributed by atoms with van der Waals surface area (Å²) >= 11 is 2.09. The molecule has 0 bridgehead atoms. The molecule has 1 aliphatic heterocycles. The zero-order valence-corrected chi connectivity index (χ0v) is 13.1. The van der Waals surface area contributed by atoms with Crippen molar-refractivity contribution in [1.82, 2.24) is 5.32 Å². The van der Waals surface area contributed by atoms with Crippen LogP contribution in [0.15, 0.2) is 0 Å². The Morgan fingerprint density at radius 1 is 1.22 bits per heavy atom. The summed E-state index contributed by atoms with van der Waals surface area (Å²) in [6, 6.07) is 0.653. The van der Waals surface area contributed by atoms with Gasteiger partial charge in [0.05, 0.1) is 5.60 Å². The lowest BCUT2D eigenvalue weighted by atomic mass is 9.87. The van der Waals surface area contributed by atoms with Gasteiger partial charge in [-0.2, -0.15) is 11.8 Å². The summed E-state index contributed by atoms with van der Waals surface area (Å²) in [5.41, 5.74) is 0.0645. The van der Waals surface area contributed by atoms with E-state index in [0.717, 1.165) is 13.0 Å². The fraction of sp³-hybridized carbons (Fsp3) is 1.00. The first kappa shape index (κ1) is 14.7. The van der Waals surface area contributed by atoms with Gasteiger partial charge in [-0.25, -0.2) is 0 Å². The molecule has 1 saturated heterocycles. The molecule has 2 fully saturated rings. The number of ether oxygens (including phenoxy) is 1. The summed E-state index contributed by atoms with van der Waals surface area (Å²) in [7, 11) is 0. The summed E-state index contributed by atoms with van der Waals surface area (Å²) in [5, 5.41) is 3.84. The van der Waals surface area contributed by atoms with Gasteiger partial charge >= 0.3 is 0 Å². The number of rotatable bonds is 4. The van der Waals surface area contributed by atoms with E-state index in [1.807, 2.05) is 0 Å². The Bertz CT molecular complexity index is 261. The van der Waals surface area contributed by atoms with Crippen molar-refractivity contribution in [3.63, 3.8) is 0 Å². The van der Waals surface area contributed by atoms with Gasteiger partial charge in [-0.15, -0.1) is 0 Å². The van der Waals surface area contributed by atoms with Crippen LogP contribution >= 0.6 is 11.8 Å². The molecule has 0 spiro atoms. The summed E-state index contributed by atoms with van der Waals surface area (Å²) in [6.45, 7) is 6.53. The minimum Gasteiger partial charge on any atom is -0.375 e. The molecule has 1 atom stereocenters. The first-order valence-electron chi connectivity index (χ1n) is 7.48. The van der Waals surface area contributed by atoms with Crippen LogP contribution in [0.4, 0.5) is 0 Å². The number of nitrogens with one attached hydrogen (secondary N) is 1. The lowest BCUT2D eigenvalue weighted by Gasteiger charge is -2.40. The molecule has 0 amide bonds. The third kappa shape index (κ3) is 3.88. The summed E-state index contributed by atoms with van der Waals surface area (Å²) in [5.74, 6) is 0. The van der Waals surface area contributed by atoms with Gasteiger partial charge in [0.1, 0.15) is 0 Å². The van der Waals surface area contributed by atoms with E-state index < -0.39 is 0 Å². The van der Waals surface area contributed by atoms with E-state index in [0.29, 0.717) is 10.8 Å². The third-order valence-corrected chi connectivity index (χ3v) is 6.03. The van der Waals surface area contributed by atoms with Gasteiger partial charge in [-0.05, 0) is 45.8 Å². The first-order chi connectivity index (χ1) is 8.55. The molecule has 0 aromatic heterocycles. The van der Waals surface area contributed by atoms with Crippen molar-refractivity contribution >= 4 is 11.8 Å². The quantitative estimate of drug-likeness (QED) is 0.844. The van der Waals surface area contributed by atoms with E-state index >= 15 is 0 Å². The minimum atomic E-state index is 0.0645. The van der Waals surface area contributed by atoms with Gasteiger partial charge in [-0.3, -0.25) is 0 Å². The van der Waals surface area contributed by atoms with Crippen LogP contribution < -0.4 is 5.32 Å². The van der Waals surface area contributed by atoms with Gasteiger partial charge in [0, 0.05) is 23.9 Å². The standard InChI is InChI=1S/C15H29NOS/c1-14(2)11-13(7-10-17-14)16-12-15(18-3)8-5-4-6-9-15/h13,16H,4-12H2,1-3H3. The Labute approximate surface area is 117 Å². The van der Waals surface area contributed by atoms with Crippen molar-refractivity contribution < 1.29 is 4.74 Å². The molecule has 1 unspecified atom stereocenters. The Morgan fingerprint density at radius 3 is 2.56 bits per heavy atom. The summed E-state index contributed by atoms with van der Waals surface area (Å²) in [4.78, 5) is 0. The van der Waals surface area contributed by atoms with Crippen molar-refractivity contribution in [3.05, 3.63) is 0 Å². The van der Waals surface area contributed by atoms with E-state index in [-0.39, 0.29) is 5.60 Å². The van der Waals surface area contributed by atoms with E-state index in [1.54, 1.807) is 0 Å². The highest BCUT2D eigenvalue weighted by Gasteiger charge is 2.34. The van der Waals surface area contributed by atoms with Crippen LogP contribution in [0.1, 0.15) is 58.8 Å². The first-order valence-corrected chi connectivity index (χ1v) is 8.70. The molecule has 0 aromatic rings. The van der Waals surface area contributed by atoms with E-state index in [4.69, 9.17) is 4.74 Å². The lowest BCUT2D eigenvalue weighted by molar-refractivity contribution is -0.0631. The molecule has 1 aliphatic carbocycles. The summed E-state index contributed by atoms with van der Waals surface area (Å²) in [6.07, 6.45) is 11.7. The molecular formula is C15H29NOS. The fourth-order valence-corrected chi connectivity index (χ4v) is 4.31. The average molecular weight is 271 g/mol. The van der Waals surface area contributed by atoms with Gasteiger partial charge in [-0.1, -0.05) is 19.3 Å². The molecular weight excluding hydrogens is 242 g/mol. The SMILES string of the molecule is CSC1(CNC2CCOC(C)(C)C2)CCCCC1. The molecule has 18 heavy (non-hydrogen) atoms. The van der Waals surface area contributed by atoms with Gasteiger partial charge in [0.25, 0.3) is 0 Å². The van der Waals surface area contributed by atoms with Crippen LogP contribution in [0.2, 0.25) is 0 Å². The predicted octanol–water partition coefficient (Wildman–Crippen LogP) is 3.60. The normalized spacial score (nSPS) is 31.2. The van der Waals surface area contributed by atoms with Crippen molar-refractivity contribution in [1.29, 1.82) is 0 Å². The van der Waals surface area contributed by atoms with Crippen LogP contribution in [0.5, 0.6) is 0 Å². The van der Waals surface area contributed by atoms with Crippen molar-refractivity contribution in [2.75, 3.05) is 19.4 Å². The predicted molar refractivity (Wildman–Crippen MR) is 80.4 cm³/mol. The second kappa shape index (κ2) is 6.15. The van der Waals surface area contributed by atoms with Crippen molar-refractivity contribution in [3.8, 4) is 0 Å². The maximum Gasteiger partial charge on any atom is 0.0641 e. The lowest BCUT2D eigenvalue weighted by Crippen LogP contribution is -2.48. The number of hydrogen-bond donors (Lipinski definition) is 1. The minimum absolute atomic E-state index is 0.0645. The van der Waals surface area contributed by atoms with Crippen LogP contribution in [0.3, 0.4) is 0 Å². The molecule has 0 aromatic carbocycles. The highest BCUT2D eigenvalue weighted by Crippen LogP contribution is 2.38. The molecule has 1 saturated carbocycles. The smallest absolute Gasteiger partial charge is 0.0641 e. The van der Waals surface area contributed by atoms with E-state index in [2.05, 4.69) is 37.2 Å². The topological polar surface area (TPSA) is 21.3 Å². The highest BCUT2D eigenvalue weighted by molar-refractivity contribution is 8.00. The van der Waals surface area contributed by atoms with E-state index in [9.17, 15) is 0 Å². The van der Waals surface area contributed by atoms with Gasteiger partial charge in [0.15, 0.2) is 0 Å². The van der Waals surface area contributed by atoms with Gasteiger partial charge in [0.2, 0.25) is 0 Å². The molecule has 2 aliphatic rings. The summed E-state index contributed by atoms with van der Waals surface area (Å²) < 4.78 is 6.31. The Kier molecular flexibility index (Phi) is 5.01. The van der Waals surface area contributed by atoms with Crippen LogP contribution in [0.25, 0.3) is 0 Å². The zero-order chi connectivity index (χ0) is 13.1. The maximum absolute atomic E-state index is 5.79. The van der Waals surface area contributed by atoms with Crippen LogP contribution in [-0.4, -0.2) is 35.8 Å². The largest absolute Gasteiger partial charge is 0.375 e. The molecule has 0 radical (unpaired) electrons. The molecule has 1 heterocycles. The van der Waals surface area contributed by atoms with Crippen molar-refractivity contribution in [2.45, 2.75) is 75.2 Å². The molecule has 106 valence electrons. The monoisotopic (exact) mass is 271 g/mol. The average Bonchev–Trinajstić information content (AvgIpc) is 2.36. The molecule has 2 nitrogen and oxygen atoms in total. The Morgan fingerprint density at radius 2 is 1.94 bits per heavy atom. The molecule has 2 rings (SSSR count). The van der Waals surface area contributed by atoms with Crippen molar-refractivity contribution in [2.24, 2.45) is 0 Å². The second-order valence-electron chi connectivity index (χ2n) is 6.63. The molecule has 3 heteroatoms. The Balaban J connectivity index is 1.82. The zero-order valence-electron chi connectivity index (χ0n) is 12.3. The van der Waals surface area contributed by atoms with Gasteiger partial charge < -0.3 is 10.1 Å². The molecule has 1 N–H and O–H groups in total. The number of thioether (sulfide) groups is 1. The van der Waals surface area contributed by atoms with Crippen LogP contribution in [-0.2, 0) is 4.74 Å². The van der Waals surface area contributed by atoms with Crippen LogP contribution in [0, 0.1) is 0 Å². The maximum atomic E-state index is 5.79. The third-order valence-electron chi connectivity index (χ3n) is 4.61. The second-order valence-corrected chi connectivity index (χ2v) is 7.90. The highest BCUT2D eigenvalue weighted by atomic mass is 32.2. The Hall–Kier alpha value is 0.270.